The van der Waals surface area contributed by atoms with E-state index in [0.29, 0.717) is 18.7 Å². The van der Waals surface area contributed by atoms with E-state index in [-0.39, 0.29) is 28.5 Å². The molecule has 0 atom stereocenters. The van der Waals surface area contributed by atoms with E-state index in [1.807, 2.05) is 36.4 Å². The Balaban J connectivity index is 1.76. The number of rotatable bonds is 8. The van der Waals surface area contributed by atoms with Gasteiger partial charge in [0.05, 0.1) is 36.1 Å². The second kappa shape index (κ2) is 10.4. The fourth-order valence-electron chi connectivity index (χ4n) is 3.58. The molecule has 35 heavy (non-hydrogen) atoms. The third-order valence-corrected chi connectivity index (χ3v) is 5.57. The van der Waals surface area contributed by atoms with E-state index in [4.69, 9.17) is 26.3 Å². The molecule has 0 spiro atoms. The number of nitriles is 1. The van der Waals surface area contributed by atoms with Crippen LogP contribution in [0.2, 0.25) is 5.02 Å². The number of methoxy groups -OCH3 is 1. The summed E-state index contributed by atoms with van der Waals surface area (Å²) in [6.45, 7) is 0.154. The fraction of sp³-hybridized carbons (Fsp3) is 0.208. The molecule has 4 aromatic rings. The highest BCUT2D eigenvalue weighted by atomic mass is 35.5. The van der Waals surface area contributed by atoms with Crippen LogP contribution in [0.1, 0.15) is 11.1 Å². The molecule has 0 bridgehead atoms. The third kappa shape index (κ3) is 5.01. The zero-order valence-corrected chi connectivity index (χ0v) is 19.4. The zero-order valence-electron chi connectivity index (χ0n) is 18.7. The first kappa shape index (κ1) is 23.9. The van der Waals surface area contributed by atoms with Crippen molar-refractivity contribution in [1.82, 2.24) is 18.7 Å². The van der Waals surface area contributed by atoms with Crippen LogP contribution in [0.3, 0.4) is 0 Å². The topological polar surface area (TPSA) is 121 Å². The lowest BCUT2D eigenvalue weighted by atomic mass is 10.2. The van der Waals surface area contributed by atoms with Gasteiger partial charge in [-0.2, -0.15) is 5.26 Å². The van der Waals surface area contributed by atoms with Crippen molar-refractivity contribution in [2.24, 2.45) is 0 Å². The summed E-state index contributed by atoms with van der Waals surface area (Å²) in [5.41, 5.74) is 0.113. The Hall–Kier alpha value is -4.20. The molecule has 0 radical (unpaired) electrons. The molecule has 0 aliphatic heterocycles. The van der Waals surface area contributed by atoms with Crippen LogP contribution in [0.15, 0.2) is 64.4 Å². The lowest BCUT2D eigenvalue weighted by molar-refractivity contribution is -0.135. The second-order valence-electron chi connectivity index (χ2n) is 7.58. The summed E-state index contributed by atoms with van der Waals surface area (Å²) in [7, 11) is 1.53. The Morgan fingerprint density at radius 3 is 2.60 bits per heavy atom. The highest BCUT2D eigenvalue weighted by molar-refractivity contribution is 6.32. The lowest BCUT2D eigenvalue weighted by Crippen LogP contribution is -2.43. The minimum atomic E-state index is -0.871. The van der Waals surface area contributed by atoms with Gasteiger partial charge in [-0.05, 0) is 23.8 Å². The van der Waals surface area contributed by atoms with Crippen LogP contribution in [-0.4, -0.2) is 38.4 Å². The first-order chi connectivity index (χ1) is 16.9. The van der Waals surface area contributed by atoms with E-state index in [9.17, 15) is 14.4 Å². The minimum absolute atomic E-state index is 0.0135. The van der Waals surface area contributed by atoms with Crippen LogP contribution >= 0.6 is 11.6 Å². The third-order valence-electron chi connectivity index (χ3n) is 5.28. The summed E-state index contributed by atoms with van der Waals surface area (Å²) in [4.78, 5) is 43.7. The molecule has 0 saturated heterocycles. The largest absolute Gasteiger partial charge is 0.424 e. The Bertz CT molecular complexity index is 1550. The smallest absolute Gasteiger partial charge is 0.333 e. The summed E-state index contributed by atoms with van der Waals surface area (Å²) in [6, 6.07) is 15.3. The zero-order chi connectivity index (χ0) is 24.9. The van der Waals surface area contributed by atoms with Gasteiger partial charge in [-0.3, -0.25) is 9.36 Å². The first-order valence-electron chi connectivity index (χ1n) is 10.5. The quantitative estimate of drug-likeness (QED) is 0.272. The molecule has 0 N–H and O–H groups in total. The number of nitrogens with zero attached hydrogens (tertiary/aromatic N) is 5. The molecule has 4 rings (SSSR count). The lowest BCUT2D eigenvalue weighted by Gasteiger charge is -2.13. The van der Waals surface area contributed by atoms with Crippen LogP contribution in [0, 0.1) is 11.3 Å². The number of hydrogen-bond acceptors (Lipinski definition) is 7. The average molecular weight is 494 g/mol. The number of aromatic nitrogens is 4. The van der Waals surface area contributed by atoms with Crippen molar-refractivity contribution in [2.75, 3.05) is 13.7 Å². The second-order valence-corrected chi connectivity index (χ2v) is 7.99. The molecule has 0 saturated carbocycles. The Morgan fingerprint density at radius 1 is 1.14 bits per heavy atom. The summed E-state index contributed by atoms with van der Waals surface area (Å²) in [5, 5.41) is 9.02. The number of ether oxygens (including phenoxy) is 2. The van der Waals surface area contributed by atoms with E-state index < -0.39 is 23.8 Å². The number of esters is 1. The van der Waals surface area contributed by atoms with Crippen molar-refractivity contribution in [3.05, 3.63) is 91.8 Å². The number of halogens is 1. The molecule has 10 nitrogen and oxygen atoms in total. The van der Waals surface area contributed by atoms with Crippen molar-refractivity contribution in [1.29, 1.82) is 5.26 Å². The maximum atomic E-state index is 13.4. The standard InChI is InChI=1S/C24H20ClN5O5/c1-34-10-9-28-15-27-22-21(28)23(32)30(24(33)29(22)13-16-5-3-2-4-6-16)14-20(31)35-19-8-7-17(12-26)11-18(19)25/h2-8,11,15H,9-10,13-14H2,1H3. The number of fused-ring (bicyclic) bond motifs is 1. The molecule has 2 aromatic heterocycles. The normalized spacial score (nSPS) is 10.9. The van der Waals surface area contributed by atoms with E-state index >= 15 is 0 Å². The highest BCUT2D eigenvalue weighted by Gasteiger charge is 2.21. The summed E-state index contributed by atoms with van der Waals surface area (Å²) in [5.74, 6) is -0.857. The molecule has 178 valence electrons. The van der Waals surface area contributed by atoms with Crippen molar-refractivity contribution < 1.29 is 14.3 Å². The van der Waals surface area contributed by atoms with Crippen LogP contribution in [-0.2, 0) is 29.2 Å². The van der Waals surface area contributed by atoms with Crippen molar-refractivity contribution in [2.45, 2.75) is 19.6 Å². The van der Waals surface area contributed by atoms with Crippen molar-refractivity contribution in [3.63, 3.8) is 0 Å². The van der Waals surface area contributed by atoms with Gasteiger partial charge in [0.2, 0.25) is 0 Å². The maximum absolute atomic E-state index is 13.4. The molecular formula is C24H20ClN5O5. The van der Waals surface area contributed by atoms with Crippen LogP contribution < -0.4 is 16.0 Å². The van der Waals surface area contributed by atoms with Crippen molar-refractivity contribution in [3.8, 4) is 11.8 Å². The Kier molecular flexibility index (Phi) is 7.10. The van der Waals surface area contributed by atoms with Gasteiger partial charge in [-0.15, -0.1) is 0 Å². The number of carbonyl (C=O) groups excluding carboxylic acids is 1. The molecule has 0 unspecified atom stereocenters. The van der Waals surface area contributed by atoms with Gasteiger partial charge in [-0.25, -0.2) is 19.1 Å². The number of hydrogen-bond donors (Lipinski definition) is 0. The van der Waals surface area contributed by atoms with Gasteiger partial charge in [0.15, 0.2) is 11.2 Å². The predicted octanol–water partition coefficient (Wildman–Crippen LogP) is 2.19. The monoisotopic (exact) mass is 493 g/mol. The van der Waals surface area contributed by atoms with E-state index in [0.717, 1.165) is 10.1 Å². The van der Waals surface area contributed by atoms with E-state index in [1.54, 1.807) is 4.57 Å². The molecule has 0 amide bonds. The molecule has 2 heterocycles. The van der Waals surface area contributed by atoms with Gasteiger partial charge in [0, 0.05) is 13.7 Å². The average Bonchev–Trinajstić information content (AvgIpc) is 3.29. The highest BCUT2D eigenvalue weighted by Crippen LogP contribution is 2.25. The SMILES string of the molecule is COCCn1cnc2c1c(=O)n(CC(=O)Oc1ccc(C#N)cc1Cl)c(=O)n2Cc1ccccc1. The molecule has 0 aliphatic rings. The van der Waals surface area contributed by atoms with Gasteiger partial charge in [-0.1, -0.05) is 41.9 Å². The van der Waals surface area contributed by atoms with Crippen LogP contribution in [0.4, 0.5) is 0 Å². The van der Waals surface area contributed by atoms with Gasteiger partial charge >= 0.3 is 11.7 Å². The fourth-order valence-corrected chi connectivity index (χ4v) is 3.80. The molecule has 2 aromatic carbocycles. The van der Waals surface area contributed by atoms with Crippen LogP contribution in [0.5, 0.6) is 5.75 Å². The Labute approximate surface area is 204 Å². The first-order valence-corrected chi connectivity index (χ1v) is 10.9. The summed E-state index contributed by atoms with van der Waals surface area (Å²) < 4.78 is 14.1. The Morgan fingerprint density at radius 2 is 1.91 bits per heavy atom. The molecular weight excluding hydrogens is 474 g/mol. The van der Waals surface area contributed by atoms with E-state index in [1.165, 1.54) is 36.2 Å². The van der Waals surface area contributed by atoms with Crippen LogP contribution in [0.25, 0.3) is 11.2 Å². The number of benzene rings is 2. The predicted molar refractivity (Wildman–Crippen MR) is 127 cm³/mol. The van der Waals surface area contributed by atoms with Gasteiger partial charge in [0.25, 0.3) is 5.56 Å². The van der Waals surface area contributed by atoms with Gasteiger partial charge in [0.1, 0.15) is 12.3 Å². The molecule has 11 heteroatoms. The maximum Gasteiger partial charge on any atom is 0.333 e. The summed E-state index contributed by atoms with van der Waals surface area (Å²) >= 11 is 6.08. The van der Waals surface area contributed by atoms with E-state index in [2.05, 4.69) is 4.98 Å². The van der Waals surface area contributed by atoms with Gasteiger partial charge < -0.3 is 14.0 Å². The minimum Gasteiger partial charge on any atom is -0.424 e. The molecule has 0 aliphatic carbocycles. The van der Waals surface area contributed by atoms with Crippen molar-refractivity contribution >= 4 is 28.7 Å². The summed E-state index contributed by atoms with van der Waals surface area (Å²) in [6.07, 6.45) is 1.46. The number of carbonyl (C=O) groups is 1. The number of imidazole rings is 1. The molecule has 0 fully saturated rings.